The van der Waals surface area contributed by atoms with Crippen molar-refractivity contribution in [3.63, 3.8) is 0 Å². The number of para-hydroxylation sites is 1. The van der Waals surface area contributed by atoms with Crippen LogP contribution in [0.5, 0.6) is 17.2 Å². The fraction of sp³-hybridized carbons (Fsp3) is 0.242. The molecule has 41 heavy (non-hydrogen) atoms. The summed E-state index contributed by atoms with van der Waals surface area (Å²) in [5.74, 6) is 0.212. The minimum atomic E-state index is -0.790. The van der Waals surface area contributed by atoms with E-state index in [0.29, 0.717) is 54.5 Å². The average molecular weight is 552 g/mol. The van der Waals surface area contributed by atoms with E-state index in [2.05, 4.69) is 11.9 Å². The Bertz CT molecular complexity index is 1510. The number of aliphatic hydroxyl groups is 1. The van der Waals surface area contributed by atoms with Crippen molar-refractivity contribution < 1.29 is 24.2 Å². The second-order valence-corrected chi connectivity index (χ2v) is 9.86. The number of aliphatic hydroxyl groups excluding tert-OH is 1. The largest absolute Gasteiger partial charge is 0.507 e. The first-order chi connectivity index (χ1) is 20.0. The summed E-state index contributed by atoms with van der Waals surface area (Å²) in [4.78, 5) is 32.5. The first-order valence-corrected chi connectivity index (χ1v) is 13.9. The van der Waals surface area contributed by atoms with E-state index in [0.717, 1.165) is 12.8 Å². The van der Waals surface area contributed by atoms with E-state index < -0.39 is 17.7 Å². The van der Waals surface area contributed by atoms with Crippen molar-refractivity contribution in [1.82, 2.24) is 14.5 Å². The normalized spacial score (nSPS) is 16.2. The highest BCUT2D eigenvalue weighted by Gasteiger charge is 2.46. The number of Topliss-reactive ketones (excluding diaryl/α,β-unsaturated/α-hetero) is 1. The third-order valence-corrected chi connectivity index (χ3v) is 6.94. The number of benzene rings is 3. The number of carbonyl (C=O) groups is 2. The summed E-state index contributed by atoms with van der Waals surface area (Å²) in [7, 11) is 0. The van der Waals surface area contributed by atoms with Gasteiger partial charge in [-0.15, -0.1) is 0 Å². The van der Waals surface area contributed by atoms with Gasteiger partial charge in [-0.25, -0.2) is 4.98 Å². The zero-order valence-corrected chi connectivity index (χ0v) is 23.0. The van der Waals surface area contributed by atoms with Crippen molar-refractivity contribution in [2.24, 2.45) is 0 Å². The molecule has 1 saturated heterocycles. The van der Waals surface area contributed by atoms with Crippen LogP contribution in [0.15, 0.2) is 103 Å². The molecule has 2 heterocycles. The number of hydrogen-bond donors (Lipinski definition) is 1. The lowest BCUT2D eigenvalue weighted by Crippen LogP contribution is -2.31. The molecule has 4 aromatic rings. The molecule has 8 heteroatoms. The van der Waals surface area contributed by atoms with Crippen LogP contribution in [-0.4, -0.2) is 44.4 Å². The fourth-order valence-electron chi connectivity index (χ4n) is 4.90. The van der Waals surface area contributed by atoms with E-state index in [1.165, 1.54) is 4.90 Å². The van der Waals surface area contributed by atoms with Gasteiger partial charge in [0.15, 0.2) is 0 Å². The van der Waals surface area contributed by atoms with Crippen molar-refractivity contribution in [1.29, 1.82) is 0 Å². The van der Waals surface area contributed by atoms with Crippen LogP contribution in [0.1, 0.15) is 43.4 Å². The molecule has 0 saturated carbocycles. The van der Waals surface area contributed by atoms with Crippen molar-refractivity contribution in [2.45, 2.75) is 38.8 Å². The number of ether oxygens (including phenoxy) is 2. The lowest BCUT2D eigenvalue weighted by Gasteiger charge is -2.26. The SMILES string of the molecule is CCCCOc1cccc(C(O)=C2C(=O)C(=O)N(CCCn3ccnc3)C2c2cccc(Oc3ccccc3)c2)c1. The highest BCUT2D eigenvalue weighted by molar-refractivity contribution is 6.46. The topological polar surface area (TPSA) is 93.9 Å². The number of nitrogens with zero attached hydrogens (tertiary/aromatic N) is 3. The summed E-state index contributed by atoms with van der Waals surface area (Å²) in [6, 6.07) is 22.9. The Balaban J connectivity index is 1.51. The van der Waals surface area contributed by atoms with Crippen molar-refractivity contribution in [3.05, 3.63) is 114 Å². The van der Waals surface area contributed by atoms with Crippen molar-refractivity contribution in [2.75, 3.05) is 13.2 Å². The van der Waals surface area contributed by atoms with Gasteiger partial charge in [0.05, 0.1) is 24.5 Å². The van der Waals surface area contributed by atoms with Gasteiger partial charge in [-0.05, 0) is 54.8 Å². The van der Waals surface area contributed by atoms with Crippen LogP contribution in [-0.2, 0) is 16.1 Å². The second kappa shape index (κ2) is 13.0. The maximum Gasteiger partial charge on any atom is 0.295 e. The smallest absolute Gasteiger partial charge is 0.295 e. The molecule has 1 fully saturated rings. The molecule has 1 aliphatic rings. The number of carbonyl (C=O) groups excluding carboxylic acids is 2. The number of aryl methyl sites for hydroxylation is 1. The van der Waals surface area contributed by atoms with Crippen LogP contribution >= 0.6 is 0 Å². The van der Waals surface area contributed by atoms with Crippen LogP contribution in [0.25, 0.3) is 5.76 Å². The van der Waals surface area contributed by atoms with Gasteiger partial charge in [-0.2, -0.15) is 0 Å². The van der Waals surface area contributed by atoms with Crippen LogP contribution < -0.4 is 9.47 Å². The first-order valence-electron chi connectivity index (χ1n) is 13.9. The average Bonchev–Trinajstić information content (AvgIpc) is 3.60. The van der Waals surface area contributed by atoms with E-state index in [1.807, 2.05) is 71.4 Å². The van der Waals surface area contributed by atoms with E-state index in [1.54, 1.807) is 30.7 Å². The Labute approximate surface area is 239 Å². The summed E-state index contributed by atoms with van der Waals surface area (Å²) >= 11 is 0. The minimum absolute atomic E-state index is 0.0419. The van der Waals surface area contributed by atoms with E-state index >= 15 is 0 Å². The Morgan fingerprint density at radius 2 is 1.68 bits per heavy atom. The monoisotopic (exact) mass is 551 g/mol. The maximum absolute atomic E-state index is 13.5. The molecule has 210 valence electrons. The molecule has 0 spiro atoms. The number of hydrogen-bond acceptors (Lipinski definition) is 6. The Hall–Kier alpha value is -4.85. The summed E-state index contributed by atoms with van der Waals surface area (Å²) in [5, 5.41) is 11.5. The molecule has 1 N–H and O–H groups in total. The van der Waals surface area contributed by atoms with E-state index in [4.69, 9.17) is 9.47 Å². The van der Waals surface area contributed by atoms with Gasteiger partial charge in [0.2, 0.25) is 0 Å². The summed E-state index contributed by atoms with van der Waals surface area (Å²) in [5.41, 5.74) is 1.12. The Morgan fingerprint density at radius 3 is 2.46 bits per heavy atom. The molecule has 8 nitrogen and oxygen atoms in total. The maximum atomic E-state index is 13.5. The minimum Gasteiger partial charge on any atom is -0.507 e. The third kappa shape index (κ3) is 6.49. The molecule has 3 aromatic carbocycles. The number of rotatable bonds is 12. The highest BCUT2D eigenvalue weighted by atomic mass is 16.5. The predicted molar refractivity (Wildman–Crippen MR) is 156 cm³/mol. The van der Waals surface area contributed by atoms with Gasteiger partial charge in [0.25, 0.3) is 11.7 Å². The molecule has 0 radical (unpaired) electrons. The molecule has 1 atom stereocenters. The molecule has 5 rings (SSSR count). The van der Waals surface area contributed by atoms with Gasteiger partial charge in [0, 0.05) is 31.0 Å². The van der Waals surface area contributed by atoms with E-state index in [9.17, 15) is 14.7 Å². The Kier molecular flexibility index (Phi) is 8.79. The highest BCUT2D eigenvalue weighted by Crippen LogP contribution is 2.41. The fourth-order valence-corrected chi connectivity index (χ4v) is 4.90. The van der Waals surface area contributed by atoms with Crippen molar-refractivity contribution >= 4 is 17.4 Å². The van der Waals surface area contributed by atoms with Gasteiger partial charge in [-0.3, -0.25) is 9.59 Å². The summed E-state index contributed by atoms with van der Waals surface area (Å²) < 4.78 is 13.8. The van der Waals surface area contributed by atoms with E-state index in [-0.39, 0.29) is 11.3 Å². The van der Waals surface area contributed by atoms with Crippen LogP contribution in [0.2, 0.25) is 0 Å². The van der Waals surface area contributed by atoms with Gasteiger partial charge in [0.1, 0.15) is 23.0 Å². The predicted octanol–water partition coefficient (Wildman–Crippen LogP) is 6.37. The molecule has 1 amide bonds. The zero-order valence-electron chi connectivity index (χ0n) is 23.0. The molecule has 1 aliphatic heterocycles. The van der Waals surface area contributed by atoms with Crippen molar-refractivity contribution in [3.8, 4) is 17.2 Å². The Morgan fingerprint density at radius 1 is 0.902 bits per heavy atom. The number of imidazole rings is 1. The number of ketones is 1. The third-order valence-electron chi connectivity index (χ3n) is 6.94. The van der Waals surface area contributed by atoms with Gasteiger partial charge in [-0.1, -0.05) is 55.8 Å². The first kappa shape index (κ1) is 27.7. The lowest BCUT2D eigenvalue weighted by atomic mass is 9.95. The number of likely N-dealkylation sites (tertiary alicyclic amines) is 1. The molecule has 0 aliphatic carbocycles. The lowest BCUT2D eigenvalue weighted by molar-refractivity contribution is -0.139. The van der Waals surface area contributed by atoms with Crippen LogP contribution in [0, 0.1) is 0 Å². The summed E-state index contributed by atoms with van der Waals surface area (Å²) in [6.45, 7) is 3.58. The molecule has 1 unspecified atom stereocenters. The number of unbranched alkanes of at least 4 members (excludes halogenated alkanes) is 1. The molecule has 1 aromatic heterocycles. The summed E-state index contributed by atoms with van der Waals surface area (Å²) in [6.07, 6.45) is 7.77. The standard InChI is InChI=1S/C33H33N3O5/c1-2-3-20-40-27-14-8-11-25(22-27)31(37)29-30(24-10-7-15-28(21-24)41-26-12-5-4-6-13-26)36(33(39)32(29)38)18-9-17-35-19-16-34-23-35/h4-8,10-16,19,21-23,30,37H,2-3,9,17-18,20H2,1H3. The molecule has 0 bridgehead atoms. The van der Waals surface area contributed by atoms with Crippen LogP contribution in [0.3, 0.4) is 0 Å². The van der Waals surface area contributed by atoms with Crippen LogP contribution in [0.4, 0.5) is 0 Å². The number of amides is 1. The second-order valence-electron chi connectivity index (χ2n) is 9.86. The van der Waals surface area contributed by atoms with Gasteiger partial charge >= 0.3 is 0 Å². The molecular weight excluding hydrogens is 518 g/mol. The quantitative estimate of drug-likeness (QED) is 0.0952. The van der Waals surface area contributed by atoms with Gasteiger partial charge < -0.3 is 24.0 Å². The molecular formula is C33H33N3O5. The number of aromatic nitrogens is 2. The zero-order chi connectivity index (χ0) is 28.6.